The molecule has 1 fully saturated rings. The highest BCUT2D eigenvalue weighted by molar-refractivity contribution is 5.84. The summed E-state index contributed by atoms with van der Waals surface area (Å²) in [5.41, 5.74) is 0.255. The highest BCUT2D eigenvalue weighted by Crippen LogP contribution is 2.40. The largest absolute Gasteiger partial charge is 0.469 e. The van der Waals surface area contributed by atoms with E-state index >= 15 is 0 Å². The number of rotatable bonds is 10. The van der Waals surface area contributed by atoms with Crippen molar-refractivity contribution < 1.29 is 13.9 Å². The van der Waals surface area contributed by atoms with Gasteiger partial charge in [-0.05, 0) is 36.8 Å². The molecule has 0 spiro atoms. The van der Waals surface area contributed by atoms with Gasteiger partial charge in [0.25, 0.3) is 0 Å². The van der Waals surface area contributed by atoms with Gasteiger partial charge >= 0.3 is 0 Å². The fourth-order valence-electron chi connectivity index (χ4n) is 3.45. The van der Waals surface area contributed by atoms with Crippen LogP contribution in [0.2, 0.25) is 0 Å². The molecule has 0 aliphatic heterocycles. The average molecular weight is 379 g/mol. The van der Waals surface area contributed by atoms with E-state index in [0.717, 1.165) is 31.8 Å². The molecule has 7 nitrogen and oxygen atoms in total. The number of amides is 1. The van der Waals surface area contributed by atoms with E-state index in [1.807, 2.05) is 12.1 Å². The zero-order valence-electron chi connectivity index (χ0n) is 16.9. The van der Waals surface area contributed by atoms with Crippen molar-refractivity contribution in [3.8, 4) is 0 Å². The monoisotopic (exact) mass is 378 g/mol. The number of carbonyl (C=O) groups excluding carboxylic acids is 1. The molecule has 0 unspecified atom stereocenters. The van der Waals surface area contributed by atoms with Crippen molar-refractivity contribution in [2.45, 2.75) is 38.5 Å². The minimum absolute atomic E-state index is 0.0166. The summed E-state index contributed by atoms with van der Waals surface area (Å²) in [7, 11) is 5.24. The normalized spacial score (nSPS) is 16.3. The summed E-state index contributed by atoms with van der Waals surface area (Å²) in [6.45, 7) is 2.45. The number of hydrogen-bond acceptors (Lipinski definition) is 4. The van der Waals surface area contributed by atoms with Crippen molar-refractivity contribution in [2.75, 3.05) is 47.4 Å². The van der Waals surface area contributed by atoms with Crippen LogP contribution in [0.1, 0.15) is 37.9 Å². The minimum Gasteiger partial charge on any atom is -0.469 e. The molecule has 0 radical (unpaired) electrons. The molecule has 1 heterocycles. The second kappa shape index (κ2) is 11.0. The van der Waals surface area contributed by atoms with E-state index in [-0.39, 0.29) is 17.9 Å². The SMILES string of the molecule is COCCC1(CNC(=NCC(=O)N(C)C)NCCc2ccco2)CCCC1. The first kappa shape index (κ1) is 21.3. The van der Waals surface area contributed by atoms with E-state index < -0.39 is 0 Å². The van der Waals surface area contributed by atoms with E-state index in [2.05, 4.69) is 15.6 Å². The van der Waals surface area contributed by atoms with Gasteiger partial charge in [-0.1, -0.05) is 12.8 Å². The van der Waals surface area contributed by atoms with Crippen molar-refractivity contribution in [3.05, 3.63) is 24.2 Å². The second-order valence-corrected chi connectivity index (χ2v) is 7.51. The lowest BCUT2D eigenvalue weighted by molar-refractivity contribution is -0.127. The molecule has 27 heavy (non-hydrogen) atoms. The molecule has 1 saturated carbocycles. The topological polar surface area (TPSA) is 79.1 Å². The Bertz CT molecular complexity index is 578. The van der Waals surface area contributed by atoms with Crippen LogP contribution in [0.5, 0.6) is 0 Å². The van der Waals surface area contributed by atoms with Crippen molar-refractivity contribution in [1.82, 2.24) is 15.5 Å². The minimum atomic E-state index is -0.0166. The Hall–Kier alpha value is -2.02. The van der Waals surface area contributed by atoms with Crippen molar-refractivity contribution in [2.24, 2.45) is 10.4 Å². The number of ether oxygens (including phenoxy) is 1. The lowest BCUT2D eigenvalue weighted by Crippen LogP contribution is -2.44. The summed E-state index contributed by atoms with van der Waals surface area (Å²) < 4.78 is 10.7. The van der Waals surface area contributed by atoms with Crippen LogP contribution in [-0.2, 0) is 16.0 Å². The zero-order valence-corrected chi connectivity index (χ0v) is 16.9. The van der Waals surface area contributed by atoms with E-state index in [0.29, 0.717) is 12.5 Å². The number of likely N-dealkylation sites (N-methyl/N-ethyl adjacent to an activating group) is 1. The van der Waals surface area contributed by atoms with Gasteiger partial charge < -0.3 is 24.7 Å². The molecule has 0 atom stereocenters. The summed E-state index contributed by atoms with van der Waals surface area (Å²) in [5.74, 6) is 1.59. The summed E-state index contributed by atoms with van der Waals surface area (Å²) >= 11 is 0. The maximum absolute atomic E-state index is 11.9. The first-order valence-corrected chi connectivity index (χ1v) is 9.78. The third-order valence-corrected chi connectivity index (χ3v) is 5.25. The summed E-state index contributed by atoms with van der Waals surface area (Å²) in [4.78, 5) is 17.9. The molecule has 0 aromatic carbocycles. The van der Waals surface area contributed by atoms with Gasteiger partial charge in [0.1, 0.15) is 12.3 Å². The lowest BCUT2D eigenvalue weighted by Gasteiger charge is -2.30. The molecule has 152 valence electrons. The fraction of sp³-hybridized carbons (Fsp3) is 0.700. The van der Waals surface area contributed by atoms with Gasteiger partial charge in [-0.15, -0.1) is 0 Å². The van der Waals surface area contributed by atoms with Gasteiger partial charge in [0, 0.05) is 47.3 Å². The van der Waals surface area contributed by atoms with E-state index in [4.69, 9.17) is 9.15 Å². The Morgan fingerprint density at radius 3 is 2.74 bits per heavy atom. The number of nitrogens with zero attached hydrogens (tertiary/aromatic N) is 2. The van der Waals surface area contributed by atoms with Crippen molar-refractivity contribution >= 4 is 11.9 Å². The first-order chi connectivity index (χ1) is 13.0. The standard InChI is InChI=1S/C20H34N4O3/c1-24(2)18(25)15-22-19(21-12-8-17-7-6-13-27-17)23-16-20(11-14-26-3)9-4-5-10-20/h6-7,13H,4-5,8-12,14-16H2,1-3H3,(H2,21,22,23). The van der Waals surface area contributed by atoms with Gasteiger partial charge in [0.05, 0.1) is 6.26 Å². The molecule has 1 aromatic rings. The van der Waals surface area contributed by atoms with Crippen molar-refractivity contribution in [1.29, 1.82) is 0 Å². The summed E-state index contributed by atoms with van der Waals surface area (Å²) in [6.07, 6.45) is 8.44. The smallest absolute Gasteiger partial charge is 0.243 e. The predicted octanol–water partition coefficient (Wildman–Crippen LogP) is 2.04. The predicted molar refractivity (Wildman–Crippen MR) is 107 cm³/mol. The average Bonchev–Trinajstić information content (AvgIpc) is 3.34. The molecule has 1 aliphatic rings. The van der Waals surface area contributed by atoms with Crippen LogP contribution in [-0.4, -0.2) is 64.2 Å². The first-order valence-electron chi connectivity index (χ1n) is 9.78. The van der Waals surface area contributed by atoms with E-state index in [9.17, 15) is 4.79 Å². The molecule has 0 saturated heterocycles. The van der Waals surface area contributed by atoms with Gasteiger partial charge in [-0.3, -0.25) is 4.79 Å². The van der Waals surface area contributed by atoms with Crippen LogP contribution in [0.3, 0.4) is 0 Å². The van der Waals surface area contributed by atoms with Gasteiger partial charge in [-0.2, -0.15) is 0 Å². The second-order valence-electron chi connectivity index (χ2n) is 7.51. The molecule has 0 bridgehead atoms. The van der Waals surface area contributed by atoms with Crippen LogP contribution < -0.4 is 10.6 Å². The highest BCUT2D eigenvalue weighted by atomic mass is 16.5. The maximum atomic E-state index is 11.9. The number of furan rings is 1. The molecule has 1 aliphatic carbocycles. The molecule has 2 rings (SSSR count). The number of aliphatic imine (C=N–C) groups is 1. The van der Waals surface area contributed by atoms with Crippen LogP contribution in [0.15, 0.2) is 27.8 Å². The Morgan fingerprint density at radius 2 is 2.11 bits per heavy atom. The quantitative estimate of drug-likeness (QED) is 0.481. The third kappa shape index (κ3) is 7.25. The van der Waals surface area contributed by atoms with Crippen LogP contribution in [0.25, 0.3) is 0 Å². The van der Waals surface area contributed by atoms with E-state index in [1.54, 1.807) is 32.4 Å². The maximum Gasteiger partial charge on any atom is 0.243 e. The highest BCUT2D eigenvalue weighted by Gasteiger charge is 2.33. The van der Waals surface area contributed by atoms with E-state index in [1.165, 1.54) is 25.7 Å². The fourth-order valence-corrected chi connectivity index (χ4v) is 3.45. The van der Waals surface area contributed by atoms with Crippen LogP contribution in [0, 0.1) is 5.41 Å². The third-order valence-electron chi connectivity index (χ3n) is 5.25. The number of hydrogen-bond donors (Lipinski definition) is 2. The molecular formula is C20H34N4O3. The molecule has 2 N–H and O–H groups in total. The van der Waals surface area contributed by atoms with Gasteiger partial charge in [0.2, 0.25) is 5.91 Å². The van der Waals surface area contributed by atoms with Crippen LogP contribution in [0.4, 0.5) is 0 Å². The molecule has 7 heteroatoms. The summed E-state index contributed by atoms with van der Waals surface area (Å²) in [6, 6.07) is 3.84. The Morgan fingerprint density at radius 1 is 1.33 bits per heavy atom. The van der Waals surface area contributed by atoms with Crippen LogP contribution >= 0.6 is 0 Å². The number of carbonyl (C=O) groups is 1. The van der Waals surface area contributed by atoms with Gasteiger partial charge in [-0.25, -0.2) is 4.99 Å². The molecule has 1 aromatic heterocycles. The molecular weight excluding hydrogens is 344 g/mol. The Labute approximate surface area is 162 Å². The lowest BCUT2D eigenvalue weighted by atomic mass is 9.83. The Balaban J connectivity index is 1.92. The molecule has 1 amide bonds. The number of guanidine groups is 1. The zero-order chi connectivity index (χ0) is 19.5. The summed E-state index contributed by atoms with van der Waals surface area (Å²) in [5, 5.41) is 6.79. The number of nitrogens with one attached hydrogen (secondary N) is 2. The number of methoxy groups -OCH3 is 1. The Kier molecular flexibility index (Phi) is 8.64. The van der Waals surface area contributed by atoms with Gasteiger partial charge in [0.15, 0.2) is 5.96 Å². The van der Waals surface area contributed by atoms with Crippen molar-refractivity contribution in [3.63, 3.8) is 0 Å².